The second kappa shape index (κ2) is 6.20. The van der Waals surface area contributed by atoms with Crippen LogP contribution in [0, 0.1) is 22.0 Å². The maximum absolute atomic E-state index is 12.3. The van der Waals surface area contributed by atoms with Gasteiger partial charge in [-0.1, -0.05) is 25.4 Å². The van der Waals surface area contributed by atoms with Crippen LogP contribution < -0.4 is 4.72 Å². The molecule has 0 aromatic carbocycles. The summed E-state index contributed by atoms with van der Waals surface area (Å²) >= 11 is 6.43. The van der Waals surface area contributed by atoms with E-state index in [2.05, 4.69) is 11.6 Å². The van der Waals surface area contributed by atoms with E-state index in [0.717, 1.165) is 25.3 Å². The first-order chi connectivity index (χ1) is 9.70. The zero-order valence-corrected chi connectivity index (χ0v) is 14.1. The fourth-order valence-corrected chi connectivity index (χ4v) is 5.75. The molecule has 1 aliphatic rings. The first kappa shape index (κ1) is 16.7. The van der Waals surface area contributed by atoms with Gasteiger partial charge in [-0.25, -0.2) is 13.1 Å². The van der Waals surface area contributed by atoms with Crippen LogP contribution in [0.3, 0.4) is 0 Å². The lowest BCUT2D eigenvalue weighted by Crippen LogP contribution is -2.42. The first-order valence-electron chi connectivity index (χ1n) is 6.66. The standard InChI is InChI=1S/C12H17ClN2O4S2/c1-7-3-4-9(8(2)5-7)14-21(18,19)11-6-10(15(16)17)12(13)20-11/h6-9,14H,3-5H2,1-2H3. The normalized spacial score (nSPS) is 26.7. The van der Waals surface area contributed by atoms with Crippen molar-refractivity contribution < 1.29 is 13.3 Å². The average Bonchev–Trinajstić information content (AvgIpc) is 2.76. The Labute approximate surface area is 132 Å². The summed E-state index contributed by atoms with van der Waals surface area (Å²) in [5, 5.41) is 10.8. The van der Waals surface area contributed by atoms with Gasteiger partial charge in [0.25, 0.3) is 15.7 Å². The van der Waals surface area contributed by atoms with Crippen LogP contribution in [-0.4, -0.2) is 19.4 Å². The SMILES string of the molecule is CC1CCC(NS(=O)(=O)c2cc([N+](=O)[O-])c(Cl)s2)C(C)C1. The van der Waals surface area contributed by atoms with Crippen molar-refractivity contribution in [2.24, 2.45) is 11.8 Å². The molecule has 2 rings (SSSR count). The van der Waals surface area contributed by atoms with Gasteiger partial charge in [0.05, 0.1) is 4.92 Å². The number of halogens is 1. The van der Waals surface area contributed by atoms with Gasteiger partial charge >= 0.3 is 0 Å². The molecule has 1 heterocycles. The van der Waals surface area contributed by atoms with E-state index in [0.29, 0.717) is 17.3 Å². The largest absolute Gasteiger partial charge is 0.300 e. The zero-order valence-electron chi connectivity index (χ0n) is 11.7. The summed E-state index contributed by atoms with van der Waals surface area (Å²) in [6.07, 6.45) is 2.73. The van der Waals surface area contributed by atoms with Crippen LogP contribution in [0.25, 0.3) is 0 Å². The van der Waals surface area contributed by atoms with Crippen LogP contribution in [0.2, 0.25) is 4.34 Å². The number of nitrogens with zero attached hydrogens (tertiary/aromatic N) is 1. The number of rotatable bonds is 4. The zero-order chi connectivity index (χ0) is 15.8. The predicted molar refractivity (Wildman–Crippen MR) is 82.3 cm³/mol. The van der Waals surface area contributed by atoms with Crippen LogP contribution in [-0.2, 0) is 10.0 Å². The highest BCUT2D eigenvalue weighted by atomic mass is 35.5. The Kier molecular flexibility index (Phi) is 4.92. The maximum atomic E-state index is 12.3. The quantitative estimate of drug-likeness (QED) is 0.664. The molecule has 21 heavy (non-hydrogen) atoms. The molecule has 0 amide bonds. The fraction of sp³-hybridized carbons (Fsp3) is 0.667. The molecule has 3 unspecified atom stereocenters. The van der Waals surface area contributed by atoms with E-state index in [1.54, 1.807) is 0 Å². The van der Waals surface area contributed by atoms with Gasteiger partial charge in [-0.2, -0.15) is 0 Å². The number of hydrogen-bond acceptors (Lipinski definition) is 5. The molecule has 9 heteroatoms. The molecule has 0 radical (unpaired) electrons. The Morgan fingerprint density at radius 3 is 2.62 bits per heavy atom. The monoisotopic (exact) mass is 352 g/mol. The number of hydrogen-bond donors (Lipinski definition) is 1. The average molecular weight is 353 g/mol. The third-order valence-corrected chi connectivity index (χ3v) is 7.15. The summed E-state index contributed by atoms with van der Waals surface area (Å²) in [6.45, 7) is 4.18. The molecular formula is C12H17ClN2O4S2. The van der Waals surface area contributed by atoms with E-state index in [9.17, 15) is 18.5 Å². The molecule has 3 atom stereocenters. The molecule has 0 spiro atoms. The van der Waals surface area contributed by atoms with Gasteiger partial charge in [0.2, 0.25) is 0 Å². The molecule has 0 bridgehead atoms. The topological polar surface area (TPSA) is 89.3 Å². The Morgan fingerprint density at radius 2 is 2.10 bits per heavy atom. The Morgan fingerprint density at radius 1 is 1.43 bits per heavy atom. The van der Waals surface area contributed by atoms with Gasteiger partial charge in [0.15, 0.2) is 4.34 Å². The number of nitrogens with one attached hydrogen (secondary N) is 1. The van der Waals surface area contributed by atoms with E-state index >= 15 is 0 Å². The van der Waals surface area contributed by atoms with E-state index in [4.69, 9.17) is 11.6 Å². The Balaban J connectivity index is 2.19. The van der Waals surface area contributed by atoms with E-state index in [1.165, 1.54) is 0 Å². The molecular weight excluding hydrogens is 336 g/mol. The third kappa shape index (κ3) is 3.74. The predicted octanol–water partition coefficient (Wildman–Crippen LogP) is 3.41. The summed E-state index contributed by atoms with van der Waals surface area (Å²) in [4.78, 5) is 10.1. The van der Waals surface area contributed by atoms with Gasteiger partial charge in [-0.05, 0) is 31.1 Å². The molecule has 1 aromatic rings. The van der Waals surface area contributed by atoms with E-state index < -0.39 is 14.9 Å². The lowest BCUT2D eigenvalue weighted by Gasteiger charge is -2.32. The van der Waals surface area contributed by atoms with Crippen molar-refractivity contribution >= 4 is 38.6 Å². The van der Waals surface area contributed by atoms with Crippen LogP contribution in [0.1, 0.15) is 33.1 Å². The molecule has 1 aliphatic carbocycles. The number of sulfonamides is 1. The Hall–Kier alpha value is -0.700. The van der Waals surface area contributed by atoms with Crippen molar-refractivity contribution in [2.75, 3.05) is 0 Å². The van der Waals surface area contributed by atoms with Gasteiger partial charge in [0.1, 0.15) is 4.21 Å². The number of nitro groups is 1. The highest BCUT2D eigenvalue weighted by Crippen LogP contribution is 2.37. The fourth-order valence-electron chi connectivity index (χ4n) is 2.69. The van der Waals surface area contributed by atoms with Crippen molar-refractivity contribution in [3.63, 3.8) is 0 Å². The van der Waals surface area contributed by atoms with Crippen molar-refractivity contribution in [3.05, 3.63) is 20.5 Å². The highest BCUT2D eigenvalue weighted by Gasteiger charge is 2.31. The summed E-state index contributed by atoms with van der Waals surface area (Å²) in [5.74, 6) is 0.840. The molecule has 6 nitrogen and oxygen atoms in total. The number of thiophene rings is 1. The second-order valence-corrected chi connectivity index (χ2v) is 9.20. The highest BCUT2D eigenvalue weighted by molar-refractivity contribution is 7.91. The maximum Gasteiger partial charge on any atom is 0.300 e. The minimum Gasteiger partial charge on any atom is -0.258 e. The minimum absolute atomic E-state index is 0.106. The molecule has 1 aromatic heterocycles. The lowest BCUT2D eigenvalue weighted by atomic mass is 9.80. The molecule has 0 aliphatic heterocycles. The Bertz CT molecular complexity index is 644. The van der Waals surface area contributed by atoms with E-state index in [1.807, 2.05) is 6.92 Å². The van der Waals surface area contributed by atoms with Crippen LogP contribution >= 0.6 is 22.9 Å². The van der Waals surface area contributed by atoms with Gasteiger partial charge in [0, 0.05) is 12.1 Å². The van der Waals surface area contributed by atoms with Gasteiger partial charge in [-0.3, -0.25) is 10.1 Å². The first-order valence-corrected chi connectivity index (χ1v) is 9.34. The molecule has 1 fully saturated rings. The van der Waals surface area contributed by atoms with Crippen LogP contribution in [0.15, 0.2) is 10.3 Å². The third-order valence-electron chi connectivity index (χ3n) is 3.85. The van der Waals surface area contributed by atoms with Gasteiger partial charge < -0.3 is 0 Å². The lowest BCUT2D eigenvalue weighted by molar-refractivity contribution is -0.384. The summed E-state index contributed by atoms with van der Waals surface area (Å²) in [5.41, 5.74) is -0.368. The molecule has 0 saturated heterocycles. The summed E-state index contributed by atoms with van der Waals surface area (Å²) in [6, 6.07) is 0.886. The van der Waals surface area contributed by atoms with Crippen LogP contribution in [0.4, 0.5) is 5.69 Å². The second-order valence-electron chi connectivity index (χ2n) is 5.60. The molecule has 1 saturated carbocycles. The molecule has 1 N–H and O–H groups in total. The van der Waals surface area contributed by atoms with Crippen molar-refractivity contribution in [1.29, 1.82) is 0 Å². The van der Waals surface area contributed by atoms with Crippen molar-refractivity contribution in [1.82, 2.24) is 4.72 Å². The summed E-state index contributed by atoms with van der Waals surface area (Å²) < 4.78 is 27.1. The van der Waals surface area contributed by atoms with Crippen molar-refractivity contribution in [2.45, 2.75) is 43.4 Å². The smallest absolute Gasteiger partial charge is 0.258 e. The van der Waals surface area contributed by atoms with Gasteiger partial charge in [-0.15, -0.1) is 11.3 Å². The minimum atomic E-state index is -3.77. The van der Waals surface area contributed by atoms with Crippen molar-refractivity contribution in [3.8, 4) is 0 Å². The molecule has 118 valence electrons. The van der Waals surface area contributed by atoms with E-state index in [-0.39, 0.29) is 26.2 Å². The summed E-state index contributed by atoms with van der Waals surface area (Å²) in [7, 11) is -3.77. The van der Waals surface area contributed by atoms with Crippen LogP contribution in [0.5, 0.6) is 0 Å².